The summed E-state index contributed by atoms with van der Waals surface area (Å²) in [6.07, 6.45) is 4.30. The number of halogens is 2. The van der Waals surface area contributed by atoms with Crippen LogP contribution in [-0.4, -0.2) is 23.9 Å². The number of hydrogen-bond donors (Lipinski definition) is 0. The maximum atomic E-state index is 13.5. The highest BCUT2D eigenvalue weighted by Gasteiger charge is 2.20. The molecular weight excluding hydrogens is 316 g/mol. The van der Waals surface area contributed by atoms with Crippen LogP contribution in [-0.2, 0) is 6.61 Å². The van der Waals surface area contributed by atoms with Gasteiger partial charge < -0.3 is 14.1 Å². The third-order valence-corrected chi connectivity index (χ3v) is 4.03. The SMILES string of the molecule is O=C(c1ccc(COc2ccc(F)cc2F)o1)N1CCCCCC1. The fraction of sp³-hybridized carbons (Fsp3) is 0.389. The molecule has 1 fully saturated rings. The topological polar surface area (TPSA) is 42.7 Å². The summed E-state index contributed by atoms with van der Waals surface area (Å²) in [5.41, 5.74) is 0. The first kappa shape index (κ1) is 16.5. The third kappa shape index (κ3) is 3.93. The number of benzene rings is 1. The largest absolute Gasteiger partial charge is 0.483 e. The second-order valence-corrected chi connectivity index (χ2v) is 5.84. The molecule has 2 heterocycles. The number of carbonyl (C=O) groups is 1. The smallest absolute Gasteiger partial charge is 0.289 e. The quantitative estimate of drug-likeness (QED) is 0.843. The molecule has 1 aliphatic rings. The zero-order chi connectivity index (χ0) is 16.9. The minimum atomic E-state index is -0.776. The van der Waals surface area contributed by atoms with Crippen LogP contribution < -0.4 is 4.74 Å². The molecule has 24 heavy (non-hydrogen) atoms. The summed E-state index contributed by atoms with van der Waals surface area (Å²) in [7, 11) is 0. The van der Waals surface area contributed by atoms with Crippen LogP contribution in [0.5, 0.6) is 5.75 Å². The van der Waals surface area contributed by atoms with E-state index in [-0.39, 0.29) is 24.0 Å². The molecule has 2 aromatic rings. The Hall–Kier alpha value is -2.37. The normalized spacial score (nSPS) is 15.2. The molecule has 1 aromatic carbocycles. The van der Waals surface area contributed by atoms with Gasteiger partial charge in [-0.25, -0.2) is 8.78 Å². The Bertz CT molecular complexity index is 706. The molecule has 1 amide bonds. The maximum absolute atomic E-state index is 13.5. The van der Waals surface area contributed by atoms with Gasteiger partial charge in [0.15, 0.2) is 17.3 Å². The highest BCUT2D eigenvalue weighted by atomic mass is 19.1. The van der Waals surface area contributed by atoms with Crippen LogP contribution >= 0.6 is 0 Å². The molecule has 4 nitrogen and oxygen atoms in total. The summed E-state index contributed by atoms with van der Waals surface area (Å²) in [6.45, 7) is 1.45. The lowest BCUT2D eigenvalue weighted by Crippen LogP contribution is -2.31. The first-order chi connectivity index (χ1) is 11.6. The van der Waals surface area contributed by atoms with Crippen molar-refractivity contribution in [3.63, 3.8) is 0 Å². The number of ether oxygens (including phenoxy) is 1. The van der Waals surface area contributed by atoms with E-state index in [4.69, 9.17) is 9.15 Å². The number of carbonyl (C=O) groups excluding carboxylic acids is 1. The van der Waals surface area contributed by atoms with Crippen LogP contribution in [0.15, 0.2) is 34.7 Å². The van der Waals surface area contributed by atoms with Crippen LogP contribution in [0.3, 0.4) is 0 Å². The van der Waals surface area contributed by atoms with Gasteiger partial charge in [-0.2, -0.15) is 0 Å². The van der Waals surface area contributed by atoms with E-state index in [9.17, 15) is 13.6 Å². The molecule has 0 saturated carbocycles. The summed E-state index contributed by atoms with van der Waals surface area (Å²) >= 11 is 0. The highest BCUT2D eigenvalue weighted by molar-refractivity contribution is 5.91. The Labute approximate surface area is 139 Å². The minimum absolute atomic E-state index is 0.0319. The summed E-state index contributed by atoms with van der Waals surface area (Å²) in [5.74, 6) is -0.957. The number of nitrogens with zero attached hydrogens (tertiary/aromatic N) is 1. The van der Waals surface area contributed by atoms with E-state index in [0.717, 1.165) is 50.9 Å². The predicted octanol–water partition coefficient (Wildman–Crippen LogP) is 4.15. The first-order valence-corrected chi connectivity index (χ1v) is 8.09. The average molecular weight is 335 g/mol. The molecule has 1 aromatic heterocycles. The van der Waals surface area contributed by atoms with Crippen LogP contribution in [0.1, 0.15) is 42.0 Å². The third-order valence-electron chi connectivity index (χ3n) is 4.03. The van der Waals surface area contributed by atoms with Crippen molar-refractivity contribution in [3.8, 4) is 5.75 Å². The lowest BCUT2D eigenvalue weighted by molar-refractivity contribution is 0.0725. The number of hydrogen-bond acceptors (Lipinski definition) is 3. The van der Waals surface area contributed by atoms with Gasteiger partial charge in [0.2, 0.25) is 0 Å². The molecule has 6 heteroatoms. The van der Waals surface area contributed by atoms with Crippen molar-refractivity contribution in [2.24, 2.45) is 0 Å². The molecule has 0 spiro atoms. The standard InChI is InChI=1S/C18H19F2NO3/c19-13-5-7-16(15(20)11-13)23-12-14-6-8-17(24-14)18(22)21-9-3-1-2-4-10-21/h5-8,11H,1-4,9-10,12H2. The van der Waals surface area contributed by atoms with E-state index in [1.54, 1.807) is 17.0 Å². The lowest BCUT2D eigenvalue weighted by atomic mass is 10.2. The van der Waals surface area contributed by atoms with E-state index in [2.05, 4.69) is 0 Å². The zero-order valence-corrected chi connectivity index (χ0v) is 13.3. The molecule has 1 saturated heterocycles. The molecular formula is C18H19F2NO3. The summed E-state index contributed by atoms with van der Waals surface area (Å²) in [4.78, 5) is 14.2. The minimum Gasteiger partial charge on any atom is -0.483 e. The summed E-state index contributed by atoms with van der Waals surface area (Å²) < 4.78 is 37.2. The van der Waals surface area contributed by atoms with Crippen molar-refractivity contribution >= 4 is 5.91 Å². The van der Waals surface area contributed by atoms with Gasteiger partial charge in [-0.05, 0) is 37.1 Å². The van der Waals surface area contributed by atoms with Crippen molar-refractivity contribution in [1.82, 2.24) is 4.90 Å². The monoisotopic (exact) mass is 335 g/mol. The molecule has 0 radical (unpaired) electrons. The van der Waals surface area contributed by atoms with E-state index in [1.807, 2.05) is 0 Å². The molecule has 128 valence electrons. The van der Waals surface area contributed by atoms with Crippen molar-refractivity contribution < 1.29 is 22.7 Å². The second-order valence-electron chi connectivity index (χ2n) is 5.84. The van der Waals surface area contributed by atoms with Gasteiger partial charge in [0.05, 0.1) is 0 Å². The Morgan fingerprint density at radius 2 is 1.83 bits per heavy atom. The molecule has 0 unspecified atom stereocenters. The summed E-state index contributed by atoms with van der Waals surface area (Å²) in [5, 5.41) is 0. The Balaban J connectivity index is 1.61. The molecule has 0 atom stereocenters. The molecule has 1 aliphatic heterocycles. The number of rotatable bonds is 4. The highest BCUT2D eigenvalue weighted by Crippen LogP contribution is 2.20. The van der Waals surface area contributed by atoms with Gasteiger partial charge in [0.25, 0.3) is 5.91 Å². The lowest BCUT2D eigenvalue weighted by Gasteiger charge is -2.18. The Kier molecular flexibility index (Phi) is 5.13. The fourth-order valence-corrected chi connectivity index (χ4v) is 2.74. The van der Waals surface area contributed by atoms with E-state index < -0.39 is 11.6 Å². The van der Waals surface area contributed by atoms with E-state index in [1.165, 1.54) is 6.07 Å². The number of amides is 1. The van der Waals surface area contributed by atoms with Crippen LogP contribution in [0.25, 0.3) is 0 Å². The fourth-order valence-electron chi connectivity index (χ4n) is 2.74. The van der Waals surface area contributed by atoms with Gasteiger partial charge in [-0.3, -0.25) is 4.79 Å². The summed E-state index contributed by atoms with van der Waals surface area (Å²) in [6, 6.07) is 6.33. The maximum Gasteiger partial charge on any atom is 0.289 e. The second kappa shape index (κ2) is 7.47. The van der Waals surface area contributed by atoms with Crippen molar-refractivity contribution in [1.29, 1.82) is 0 Å². The van der Waals surface area contributed by atoms with E-state index >= 15 is 0 Å². The predicted molar refractivity (Wildman–Crippen MR) is 83.8 cm³/mol. The van der Waals surface area contributed by atoms with Crippen molar-refractivity contribution in [2.45, 2.75) is 32.3 Å². The molecule has 0 N–H and O–H groups in total. The van der Waals surface area contributed by atoms with Gasteiger partial charge in [0.1, 0.15) is 18.2 Å². The van der Waals surface area contributed by atoms with E-state index in [0.29, 0.717) is 5.76 Å². The molecule has 0 aliphatic carbocycles. The van der Waals surface area contributed by atoms with Crippen LogP contribution in [0.2, 0.25) is 0 Å². The van der Waals surface area contributed by atoms with Gasteiger partial charge in [0, 0.05) is 19.2 Å². The zero-order valence-electron chi connectivity index (χ0n) is 13.3. The number of likely N-dealkylation sites (tertiary alicyclic amines) is 1. The first-order valence-electron chi connectivity index (χ1n) is 8.09. The Morgan fingerprint density at radius 3 is 2.54 bits per heavy atom. The van der Waals surface area contributed by atoms with Gasteiger partial charge in [-0.1, -0.05) is 12.8 Å². The van der Waals surface area contributed by atoms with Crippen molar-refractivity contribution in [2.75, 3.05) is 13.1 Å². The van der Waals surface area contributed by atoms with Crippen LogP contribution in [0, 0.1) is 11.6 Å². The molecule has 0 bridgehead atoms. The molecule has 3 rings (SSSR count). The van der Waals surface area contributed by atoms with Gasteiger partial charge in [-0.15, -0.1) is 0 Å². The van der Waals surface area contributed by atoms with Gasteiger partial charge >= 0.3 is 0 Å². The van der Waals surface area contributed by atoms with Crippen LogP contribution in [0.4, 0.5) is 8.78 Å². The van der Waals surface area contributed by atoms with Crippen molar-refractivity contribution in [3.05, 3.63) is 53.5 Å². The Morgan fingerprint density at radius 1 is 1.08 bits per heavy atom. The number of furan rings is 1. The average Bonchev–Trinajstić information content (AvgIpc) is 2.87.